The number of rotatable bonds is 9. The van der Waals surface area contributed by atoms with E-state index in [4.69, 9.17) is 0 Å². The highest BCUT2D eigenvalue weighted by atomic mass is 16.2. The summed E-state index contributed by atoms with van der Waals surface area (Å²) in [6, 6.07) is 18.0. The molecule has 1 aliphatic rings. The van der Waals surface area contributed by atoms with Crippen molar-refractivity contribution in [3.05, 3.63) is 65.7 Å². The van der Waals surface area contributed by atoms with E-state index in [1.807, 2.05) is 54.3 Å². The van der Waals surface area contributed by atoms with Gasteiger partial charge in [-0.3, -0.25) is 9.59 Å². The number of carbonyl (C=O) groups is 2. The van der Waals surface area contributed by atoms with Crippen LogP contribution >= 0.6 is 0 Å². The van der Waals surface area contributed by atoms with Gasteiger partial charge in [0.1, 0.15) is 0 Å². The van der Waals surface area contributed by atoms with E-state index >= 15 is 0 Å². The number of likely N-dealkylation sites (tertiary alicyclic amines) is 1. The molecular weight excluding hydrogens is 402 g/mol. The van der Waals surface area contributed by atoms with Gasteiger partial charge >= 0.3 is 0 Å². The van der Waals surface area contributed by atoms with E-state index in [9.17, 15) is 9.59 Å². The van der Waals surface area contributed by atoms with Gasteiger partial charge in [-0.1, -0.05) is 42.5 Å². The summed E-state index contributed by atoms with van der Waals surface area (Å²) < 4.78 is 0. The molecule has 1 unspecified atom stereocenters. The Hall–Kier alpha value is -3.35. The third kappa shape index (κ3) is 7.41. The predicted octanol–water partition coefficient (Wildman–Crippen LogP) is 2.79. The first-order valence-electron chi connectivity index (χ1n) is 11.2. The number of nitrogens with one attached hydrogen (secondary N) is 3. The molecule has 1 atom stereocenters. The van der Waals surface area contributed by atoms with E-state index in [-0.39, 0.29) is 17.7 Å². The number of amides is 2. The number of carbonyl (C=O) groups excluding carboxylic acids is 2. The van der Waals surface area contributed by atoms with Crippen LogP contribution in [0.2, 0.25) is 0 Å². The number of guanidine groups is 1. The largest absolute Gasteiger partial charge is 0.357 e. The van der Waals surface area contributed by atoms with Crippen molar-refractivity contribution in [1.82, 2.24) is 15.5 Å². The summed E-state index contributed by atoms with van der Waals surface area (Å²) >= 11 is 0. The lowest BCUT2D eigenvalue weighted by molar-refractivity contribution is -0.127. The molecule has 0 bridgehead atoms. The van der Waals surface area contributed by atoms with Crippen LogP contribution < -0.4 is 16.0 Å². The molecule has 1 fully saturated rings. The van der Waals surface area contributed by atoms with Crippen LogP contribution in [0.4, 0.5) is 5.69 Å². The molecule has 3 rings (SSSR count). The second kappa shape index (κ2) is 11.9. The van der Waals surface area contributed by atoms with Crippen molar-refractivity contribution in [2.45, 2.75) is 33.2 Å². The van der Waals surface area contributed by atoms with E-state index in [2.05, 4.69) is 33.1 Å². The third-order valence-electron chi connectivity index (χ3n) is 5.38. The van der Waals surface area contributed by atoms with Crippen LogP contribution in [0.5, 0.6) is 0 Å². The van der Waals surface area contributed by atoms with Crippen LogP contribution in [0.15, 0.2) is 59.6 Å². The van der Waals surface area contributed by atoms with Crippen molar-refractivity contribution in [2.24, 2.45) is 10.9 Å². The maximum absolute atomic E-state index is 12.4. The minimum atomic E-state index is -0.0930. The fourth-order valence-electron chi connectivity index (χ4n) is 3.82. The van der Waals surface area contributed by atoms with Crippen LogP contribution in [0, 0.1) is 5.92 Å². The van der Waals surface area contributed by atoms with Gasteiger partial charge in [0.05, 0.1) is 6.54 Å². The van der Waals surface area contributed by atoms with Crippen LogP contribution in [-0.4, -0.2) is 48.9 Å². The lowest BCUT2D eigenvalue weighted by Crippen LogP contribution is -2.40. The SMILES string of the molecule is CCNC(=NCc1cccc(NC(C)=O)c1)NCC1CC(=O)N(CCc2ccccc2)C1. The van der Waals surface area contributed by atoms with Crippen molar-refractivity contribution in [2.75, 3.05) is 31.5 Å². The van der Waals surface area contributed by atoms with Gasteiger partial charge in [0.2, 0.25) is 11.8 Å². The van der Waals surface area contributed by atoms with E-state index in [1.54, 1.807) is 0 Å². The molecule has 0 aliphatic carbocycles. The molecule has 32 heavy (non-hydrogen) atoms. The van der Waals surface area contributed by atoms with E-state index in [0.717, 1.165) is 43.3 Å². The molecule has 1 aliphatic heterocycles. The zero-order valence-corrected chi connectivity index (χ0v) is 18.9. The Labute approximate surface area is 190 Å². The second-order valence-corrected chi connectivity index (χ2v) is 8.10. The van der Waals surface area contributed by atoms with Crippen molar-refractivity contribution >= 4 is 23.5 Å². The molecule has 170 valence electrons. The highest BCUT2D eigenvalue weighted by Gasteiger charge is 2.29. The Morgan fingerprint density at radius 1 is 1.09 bits per heavy atom. The number of anilines is 1. The van der Waals surface area contributed by atoms with Gasteiger partial charge in [-0.25, -0.2) is 4.99 Å². The monoisotopic (exact) mass is 435 g/mol. The average molecular weight is 436 g/mol. The topological polar surface area (TPSA) is 85.8 Å². The third-order valence-corrected chi connectivity index (χ3v) is 5.38. The van der Waals surface area contributed by atoms with E-state index in [1.165, 1.54) is 12.5 Å². The number of hydrogen-bond acceptors (Lipinski definition) is 3. The molecule has 3 N–H and O–H groups in total. The van der Waals surface area contributed by atoms with E-state index < -0.39 is 0 Å². The Balaban J connectivity index is 1.49. The Bertz CT molecular complexity index is 929. The molecule has 0 aromatic heterocycles. The number of aliphatic imine (C=N–C) groups is 1. The number of nitrogens with zero attached hydrogens (tertiary/aromatic N) is 2. The summed E-state index contributed by atoms with van der Waals surface area (Å²) in [5, 5.41) is 9.44. The maximum Gasteiger partial charge on any atom is 0.223 e. The number of hydrogen-bond donors (Lipinski definition) is 3. The fraction of sp³-hybridized carbons (Fsp3) is 0.400. The Morgan fingerprint density at radius 3 is 2.62 bits per heavy atom. The van der Waals surface area contributed by atoms with Gasteiger partial charge in [0, 0.05) is 51.1 Å². The van der Waals surface area contributed by atoms with Gasteiger partial charge in [-0.05, 0) is 36.6 Å². The highest BCUT2D eigenvalue weighted by Crippen LogP contribution is 2.18. The van der Waals surface area contributed by atoms with Crippen LogP contribution in [-0.2, 0) is 22.6 Å². The zero-order chi connectivity index (χ0) is 22.8. The molecular formula is C25H33N5O2. The quantitative estimate of drug-likeness (QED) is 0.418. The summed E-state index contributed by atoms with van der Waals surface area (Å²) in [6.07, 6.45) is 1.45. The number of benzene rings is 2. The smallest absolute Gasteiger partial charge is 0.223 e. The molecule has 2 aromatic carbocycles. The average Bonchev–Trinajstić information content (AvgIpc) is 3.14. The molecule has 0 radical (unpaired) electrons. The second-order valence-electron chi connectivity index (χ2n) is 8.10. The first-order chi connectivity index (χ1) is 15.5. The Kier molecular flexibility index (Phi) is 8.66. The first kappa shape index (κ1) is 23.3. The molecule has 1 saturated heterocycles. The van der Waals surface area contributed by atoms with Gasteiger partial charge in [-0.2, -0.15) is 0 Å². The van der Waals surface area contributed by atoms with Crippen LogP contribution in [0.1, 0.15) is 31.4 Å². The molecule has 0 spiro atoms. The van der Waals surface area contributed by atoms with Crippen molar-refractivity contribution in [3.8, 4) is 0 Å². The molecule has 7 heteroatoms. The fourth-order valence-corrected chi connectivity index (χ4v) is 3.82. The minimum Gasteiger partial charge on any atom is -0.357 e. The first-order valence-corrected chi connectivity index (χ1v) is 11.2. The van der Waals surface area contributed by atoms with Crippen molar-refractivity contribution in [3.63, 3.8) is 0 Å². The molecule has 1 heterocycles. The van der Waals surface area contributed by atoms with Crippen molar-refractivity contribution in [1.29, 1.82) is 0 Å². The summed E-state index contributed by atoms with van der Waals surface area (Å²) in [5.74, 6) is 1.13. The molecule has 2 aromatic rings. The normalized spacial score (nSPS) is 16.2. The van der Waals surface area contributed by atoms with Crippen LogP contribution in [0.3, 0.4) is 0 Å². The standard InChI is InChI=1S/C25H33N5O2/c1-3-26-25(27-16-21-10-7-11-23(14-21)29-19(2)31)28-17-22-15-24(32)30(18-22)13-12-20-8-5-4-6-9-20/h4-11,14,22H,3,12-13,15-18H2,1-2H3,(H,29,31)(H2,26,27,28). The zero-order valence-electron chi connectivity index (χ0n) is 18.9. The van der Waals surface area contributed by atoms with Crippen LogP contribution in [0.25, 0.3) is 0 Å². The molecule has 2 amide bonds. The molecule has 7 nitrogen and oxygen atoms in total. The summed E-state index contributed by atoms with van der Waals surface area (Å²) in [4.78, 5) is 30.3. The lowest BCUT2D eigenvalue weighted by Gasteiger charge is -2.18. The maximum atomic E-state index is 12.4. The highest BCUT2D eigenvalue weighted by molar-refractivity contribution is 5.88. The predicted molar refractivity (Wildman–Crippen MR) is 128 cm³/mol. The summed E-state index contributed by atoms with van der Waals surface area (Å²) in [6.45, 7) is 7.01. The van der Waals surface area contributed by atoms with Crippen molar-refractivity contribution < 1.29 is 9.59 Å². The minimum absolute atomic E-state index is 0.0930. The lowest BCUT2D eigenvalue weighted by atomic mass is 10.1. The summed E-state index contributed by atoms with van der Waals surface area (Å²) in [5.41, 5.74) is 3.03. The molecule has 0 saturated carbocycles. The Morgan fingerprint density at radius 2 is 1.88 bits per heavy atom. The van der Waals surface area contributed by atoms with Gasteiger partial charge in [0.15, 0.2) is 5.96 Å². The van der Waals surface area contributed by atoms with Gasteiger partial charge in [-0.15, -0.1) is 0 Å². The van der Waals surface area contributed by atoms with E-state index in [0.29, 0.717) is 19.5 Å². The van der Waals surface area contributed by atoms with Gasteiger partial charge < -0.3 is 20.9 Å². The summed E-state index contributed by atoms with van der Waals surface area (Å²) in [7, 11) is 0. The van der Waals surface area contributed by atoms with Gasteiger partial charge in [0.25, 0.3) is 0 Å².